The summed E-state index contributed by atoms with van der Waals surface area (Å²) in [6, 6.07) is 2.74. The van der Waals surface area contributed by atoms with E-state index in [2.05, 4.69) is 9.97 Å². The van der Waals surface area contributed by atoms with Crippen LogP contribution in [0.1, 0.15) is 12.1 Å². The van der Waals surface area contributed by atoms with Crippen molar-refractivity contribution in [1.29, 1.82) is 5.26 Å². The minimum absolute atomic E-state index is 0.0255. The molecule has 0 aromatic carbocycles. The molecule has 0 radical (unpaired) electrons. The van der Waals surface area contributed by atoms with Crippen molar-refractivity contribution in [2.24, 2.45) is 5.84 Å². The minimum Gasteiger partial charge on any atom is -0.383 e. The standard InChI is InChI=1S/C11H15F3N6O/c1-21-6-5-20(4-2-3-15)9-7-8(11(12,13)14)17-10(18-9)19-16/h7H,2,4-6,16H2,1H3,(H,17,18,19). The van der Waals surface area contributed by atoms with Gasteiger partial charge in [-0.2, -0.15) is 23.4 Å². The van der Waals surface area contributed by atoms with Crippen molar-refractivity contribution in [2.75, 3.05) is 37.1 Å². The van der Waals surface area contributed by atoms with Crippen LogP contribution in [0.4, 0.5) is 24.9 Å². The molecule has 0 aliphatic carbocycles. The van der Waals surface area contributed by atoms with Crippen LogP contribution in [0.2, 0.25) is 0 Å². The van der Waals surface area contributed by atoms with Gasteiger partial charge in [0.2, 0.25) is 5.95 Å². The van der Waals surface area contributed by atoms with Crippen molar-refractivity contribution in [1.82, 2.24) is 9.97 Å². The fourth-order valence-corrected chi connectivity index (χ4v) is 1.53. The summed E-state index contributed by atoms with van der Waals surface area (Å²) in [4.78, 5) is 8.66. The minimum atomic E-state index is -4.62. The molecule has 0 bridgehead atoms. The van der Waals surface area contributed by atoms with Gasteiger partial charge in [-0.1, -0.05) is 0 Å². The summed E-state index contributed by atoms with van der Waals surface area (Å²) in [5.41, 5.74) is 0.890. The molecule has 1 heterocycles. The molecule has 0 fully saturated rings. The largest absolute Gasteiger partial charge is 0.433 e. The number of methoxy groups -OCH3 is 1. The normalized spacial score (nSPS) is 11.0. The third-order valence-electron chi connectivity index (χ3n) is 2.52. The van der Waals surface area contributed by atoms with Gasteiger partial charge in [0.25, 0.3) is 0 Å². The van der Waals surface area contributed by atoms with Gasteiger partial charge in [0, 0.05) is 26.3 Å². The number of nitrogens with zero attached hydrogens (tertiary/aromatic N) is 4. The van der Waals surface area contributed by atoms with Crippen molar-refractivity contribution in [3.8, 4) is 6.07 Å². The van der Waals surface area contributed by atoms with Gasteiger partial charge >= 0.3 is 6.18 Å². The van der Waals surface area contributed by atoms with Crippen LogP contribution in [0.5, 0.6) is 0 Å². The third-order valence-corrected chi connectivity index (χ3v) is 2.52. The zero-order valence-electron chi connectivity index (χ0n) is 11.3. The molecular formula is C11H15F3N6O. The maximum absolute atomic E-state index is 12.8. The lowest BCUT2D eigenvalue weighted by atomic mass is 10.3. The van der Waals surface area contributed by atoms with Gasteiger partial charge in [0.1, 0.15) is 5.82 Å². The Morgan fingerprint density at radius 3 is 2.67 bits per heavy atom. The predicted molar refractivity (Wildman–Crippen MR) is 69.2 cm³/mol. The number of nitrogens with one attached hydrogen (secondary N) is 1. The highest BCUT2D eigenvalue weighted by Crippen LogP contribution is 2.30. The number of alkyl halides is 3. The van der Waals surface area contributed by atoms with Crippen LogP contribution in [0.25, 0.3) is 0 Å². The molecule has 0 amide bonds. The SMILES string of the molecule is COCCN(CCC#N)c1cc(C(F)(F)F)nc(NN)n1. The number of nitrogen functional groups attached to an aromatic ring is 1. The lowest BCUT2D eigenvalue weighted by molar-refractivity contribution is -0.141. The Balaban J connectivity index is 3.13. The topological polar surface area (TPSA) is 100 Å². The third kappa shape index (κ3) is 5.05. The van der Waals surface area contributed by atoms with Crippen molar-refractivity contribution in [2.45, 2.75) is 12.6 Å². The molecule has 116 valence electrons. The lowest BCUT2D eigenvalue weighted by Crippen LogP contribution is -2.30. The van der Waals surface area contributed by atoms with Crippen molar-refractivity contribution < 1.29 is 17.9 Å². The van der Waals surface area contributed by atoms with Crippen LogP contribution in [0, 0.1) is 11.3 Å². The Morgan fingerprint density at radius 2 is 2.14 bits per heavy atom. The summed E-state index contributed by atoms with van der Waals surface area (Å²) in [6.07, 6.45) is -4.48. The second-order valence-electron chi connectivity index (χ2n) is 3.97. The average Bonchev–Trinajstić information content (AvgIpc) is 2.46. The smallest absolute Gasteiger partial charge is 0.383 e. The zero-order chi connectivity index (χ0) is 15.9. The number of nitriles is 1. The van der Waals surface area contributed by atoms with Crippen LogP contribution in [-0.4, -0.2) is 36.8 Å². The first kappa shape index (κ1) is 16.9. The Morgan fingerprint density at radius 1 is 1.43 bits per heavy atom. The van der Waals surface area contributed by atoms with Gasteiger partial charge < -0.3 is 9.64 Å². The maximum Gasteiger partial charge on any atom is 0.433 e. The number of nitrogens with two attached hydrogens (primary N) is 1. The number of anilines is 2. The molecular weight excluding hydrogens is 289 g/mol. The molecule has 7 nitrogen and oxygen atoms in total. The maximum atomic E-state index is 12.8. The number of halogens is 3. The number of aromatic nitrogens is 2. The van der Waals surface area contributed by atoms with Gasteiger partial charge in [-0.25, -0.2) is 10.8 Å². The summed E-state index contributed by atoms with van der Waals surface area (Å²) in [5, 5.41) is 8.62. The second-order valence-corrected chi connectivity index (χ2v) is 3.97. The number of rotatable bonds is 7. The van der Waals surface area contributed by atoms with E-state index in [9.17, 15) is 13.2 Å². The first-order valence-corrected chi connectivity index (χ1v) is 5.96. The molecule has 0 atom stereocenters. The van der Waals surface area contributed by atoms with Gasteiger partial charge in [-0.05, 0) is 0 Å². The summed E-state index contributed by atoms with van der Waals surface area (Å²) in [6.45, 7) is 0.789. The lowest BCUT2D eigenvalue weighted by Gasteiger charge is -2.23. The quantitative estimate of drug-likeness (QED) is 0.575. The molecule has 3 N–H and O–H groups in total. The van der Waals surface area contributed by atoms with Crippen LogP contribution in [0.15, 0.2) is 6.07 Å². The first-order valence-electron chi connectivity index (χ1n) is 5.96. The molecule has 0 unspecified atom stereocenters. The first-order chi connectivity index (χ1) is 9.92. The van der Waals surface area contributed by atoms with E-state index in [1.165, 1.54) is 12.0 Å². The molecule has 1 rings (SSSR count). The molecule has 1 aromatic rings. The van der Waals surface area contributed by atoms with Gasteiger partial charge in [0.05, 0.1) is 19.1 Å². The zero-order valence-corrected chi connectivity index (χ0v) is 11.3. The summed E-state index contributed by atoms with van der Waals surface area (Å²) in [7, 11) is 1.47. The van der Waals surface area contributed by atoms with E-state index in [-0.39, 0.29) is 37.9 Å². The molecule has 1 aromatic heterocycles. The average molecular weight is 304 g/mol. The Bertz CT molecular complexity index is 502. The highest BCUT2D eigenvalue weighted by molar-refractivity contribution is 5.45. The fourth-order valence-electron chi connectivity index (χ4n) is 1.53. The highest BCUT2D eigenvalue weighted by atomic mass is 19.4. The summed E-state index contributed by atoms with van der Waals surface area (Å²) < 4.78 is 43.3. The molecule has 10 heteroatoms. The van der Waals surface area contributed by atoms with E-state index >= 15 is 0 Å². The van der Waals surface area contributed by atoms with Gasteiger partial charge in [-0.15, -0.1) is 0 Å². The van der Waals surface area contributed by atoms with Gasteiger partial charge in [0.15, 0.2) is 5.69 Å². The van der Waals surface area contributed by atoms with E-state index in [0.29, 0.717) is 0 Å². The van der Waals surface area contributed by atoms with E-state index in [0.717, 1.165) is 6.07 Å². The predicted octanol–water partition coefficient (Wildman–Crippen LogP) is 1.15. The Labute approximate surface area is 119 Å². The fraction of sp³-hybridized carbons (Fsp3) is 0.545. The molecule has 0 aliphatic heterocycles. The molecule has 21 heavy (non-hydrogen) atoms. The second kappa shape index (κ2) is 7.61. The molecule has 0 saturated carbocycles. The van der Waals surface area contributed by atoms with E-state index < -0.39 is 11.9 Å². The number of hydrazine groups is 1. The Kier molecular flexibility index (Phi) is 6.13. The monoisotopic (exact) mass is 304 g/mol. The number of ether oxygens (including phenoxy) is 1. The van der Waals surface area contributed by atoms with Crippen LogP contribution >= 0.6 is 0 Å². The molecule has 0 aliphatic rings. The number of hydrogen-bond acceptors (Lipinski definition) is 7. The molecule has 0 saturated heterocycles. The van der Waals surface area contributed by atoms with Gasteiger partial charge in [-0.3, -0.25) is 5.43 Å². The summed E-state index contributed by atoms with van der Waals surface area (Å²) in [5.74, 6) is 4.77. The summed E-state index contributed by atoms with van der Waals surface area (Å²) >= 11 is 0. The van der Waals surface area contributed by atoms with Crippen molar-refractivity contribution in [3.63, 3.8) is 0 Å². The van der Waals surface area contributed by atoms with Crippen molar-refractivity contribution >= 4 is 11.8 Å². The highest BCUT2D eigenvalue weighted by Gasteiger charge is 2.34. The number of hydrogen-bond donors (Lipinski definition) is 2. The molecule has 0 spiro atoms. The van der Waals surface area contributed by atoms with Crippen LogP contribution in [0.3, 0.4) is 0 Å². The Hall–Kier alpha value is -2.12. The van der Waals surface area contributed by atoms with E-state index in [1.54, 1.807) is 0 Å². The van der Waals surface area contributed by atoms with Crippen LogP contribution < -0.4 is 16.2 Å². The van der Waals surface area contributed by atoms with Crippen LogP contribution in [-0.2, 0) is 10.9 Å². The van der Waals surface area contributed by atoms with Crippen molar-refractivity contribution in [3.05, 3.63) is 11.8 Å². The van der Waals surface area contributed by atoms with E-state index in [1.807, 2.05) is 11.5 Å². The van der Waals surface area contributed by atoms with E-state index in [4.69, 9.17) is 15.8 Å².